The van der Waals surface area contributed by atoms with Crippen molar-refractivity contribution in [2.45, 2.75) is 6.42 Å². The highest BCUT2D eigenvalue weighted by Crippen LogP contribution is 2.20. The van der Waals surface area contributed by atoms with Gasteiger partial charge in [0.2, 0.25) is 5.91 Å². The molecule has 6 nitrogen and oxygen atoms in total. The number of carbonyl (C=O) groups is 1. The van der Waals surface area contributed by atoms with Crippen molar-refractivity contribution in [3.63, 3.8) is 0 Å². The molecule has 3 aromatic rings. The van der Waals surface area contributed by atoms with Gasteiger partial charge in [-0.2, -0.15) is 0 Å². The summed E-state index contributed by atoms with van der Waals surface area (Å²) in [5.74, 6) is 0.159. The van der Waals surface area contributed by atoms with Crippen LogP contribution in [0, 0.1) is 0 Å². The van der Waals surface area contributed by atoms with Gasteiger partial charge < -0.3 is 9.84 Å². The van der Waals surface area contributed by atoms with E-state index >= 15 is 0 Å². The molecular weight excluding hydrogens is 280 g/mol. The van der Waals surface area contributed by atoms with Crippen LogP contribution in [0.4, 0.5) is 5.69 Å². The molecule has 0 aliphatic heterocycles. The second-order valence-corrected chi connectivity index (χ2v) is 4.99. The lowest BCUT2D eigenvalue weighted by molar-refractivity contribution is -0.116. The Kier molecular flexibility index (Phi) is 3.57. The van der Waals surface area contributed by atoms with Gasteiger partial charge in [-0.3, -0.25) is 15.9 Å². The first kappa shape index (κ1) is 13.8. The summed E-state index contributed by atoms with van der Waals surface area (Å²) in [7, 11) is 0. The minimum atomic E-state index is -0.126. The standard InChI is InChI=1S/C16H14N4O2/c17-16(18)13-2-1-12-7-14(4-3-11(12)6-13)20-15(21)5-10-8-19-22-9-10/h1-4,6-9H,5H2,(H3,17,18)(H,20,21)/p+1. The molecule has 0 unspecified atom stereocenters. The molecule has 0 aliphatic carbocycles. The summed E-state index contributed by atoms with van der Waals surface area (Å²) in [5.41, 5.74) is 7.84. The number of rotatable bonds is 4. The molecule has 0 saturated carbocycles. The van der Waals surface area contributed by atoms with Crippen LogP contribution in [0.5, 0.6) is 0 Å². The molecule has 1 heterocycles. The first-order chi connectivity index (χ1) is 10.6. The fraction of sp³-hybridized carbons (Fsp3) is 0.0625. The van der Waals surface area contributed by atoms with Gasteiger partial charge in [-0.15, -0.1) is 0 Å². The molecule has 2 aromatic carbocycles. The quantitative estimate of drug-likeness (QED) is 0.480. The molecule has 110 valence electrons. The second-order valence-electron chi connectivity index (χ2n) is 4.99. The van der Waals surface area contributed by atoms with E-state index in [1.54, 1.807) is 0 Å². The monoisotopic (exact) mass is 295 g/mol. The Morgan fingerprint density at radius 1 is 1.23 bits per heavy atom. The number of carbonyl (C=O) groups excluding carboxylic acids is 1. The number of hydrogen-bond donors (Lipinski definition) is 3. The molecule has 0 radical (unpaired) electrons. The minimum absolute atomic E-state index is 0.126. The molecule has 0 bridgehead atoms. The summed E-state index contributed by atoms with van der Waals surface area (Å²) in [6.07, 6.45) is 3.20. The smallest absolute Gasteiger partial charge is 0.270 e. The predicted molar refractivity (Wildman–Crippen MR) is 83.0 cm³/mol. The summed E-state index contributed by atoms with van der Waals surface area (Å²) >= 11 is 0. The number of nitrogens with zero attached hydrogens (tertiary/aromatic N) is 1. The van der Waals surface area contributed by atoms with Crippen LogP contribution in [0.3, 0.4) is 0 Å². The van der Waals surface area contributed by atoms with E-state index in [1.807, 2.05) is 36.4 Å². The van der Waals surface area contributed by atoms with Gasteiger partial charge >= 0.3 is 0 Å². The lowest BCUT2D eigenvalue weighted by Crippen LogP contribution is -2.46. The van der Waals surface area contributed by atoms with Crippen LogP contribution in [0.2, 0.25) is 0 Å². The zero-order chi connectivity index (χ0) is 15.5. The summed E-state index contributed by atoms with van der Waals surface area (Å²) in [5, 5.41) is 14.0. The Labute approximate surface area is 126 Å². The summed E-state index contributed by atoms with van der Waals surface area (Å²) in [6.45, 7) is 0. The molecule has 22 heavy (non-hydrogen) atoms. The molecule has 6 heteroatoms. The van der Waals surface area contributed by atoms with Crippen molar-refractivity contribution in [3.05, 3.63) is 60.0 Å². The molecule has 1 amide bonds. The van der Waals surface area contributed by atoms with Crippen molar-refractivity contribution in [2.24, 2.45) is 5.73 Å². The Balaban J connectivity index is 1.78. The van der Waals surface area contributed by atoms with Crippen LogP contribution < -0.4 is 16.5 Å². The van der Waals surface area contributed by atoms with Crippen LogP contribution in [-0.4, -0.2) is 16.9 Å². The largest absolute Gasteiger partial charge is 0.364 e. The maximum atomic E-state index is 11.9. The zero-order valence-corrected chi connectivity index (χ0v) is 11.7. The molecule has 5 N–H and O–H groups in total. The number of amidine groups is 1. The fourth-order valence-electron chi connectivity index (χ4n) is 2.21. The van der Waals surface area contributed by atoms with E-state index in [9.17, 15) is 4.79 Å². The van der Waals surface area contributed by atoms with Crippen LogP contribution in [0.25, 0.3) is 10.8 Å². The van der Waals surface area contributed by atoms with Gasteiger partial charge in [-0.05, 0) is 35.0 Å². The normalized spacial score (nSPS) is 10.5. The summed E-state index contributed by atoms with van der Waals surface area (Å²) < 4.78 is 4.70. The molecule has 0 fully saturated rings. The number of nitrogens with one attached hydrogen (secondary N) is 1. The van der Waals surface area contributed by atoms with Gasteiger partial charge in [0, 0.05) is 11.3 Å². The summed E-state index contributed by atoms with van der Waals surface area (Å²) in [4.78, 5) is 11.9. The highest BCUT2D eigenvalue weighted by atomic mass is 16.5. The van der Waals surface area contributed by atoms with E-state index in [-0.39, 0.29) is 18.2 Å². The molecule has 0 atom stereocenters. The SMILES string of the molecule is NC(=[NH2+])c1ccc2cc(NC(=O)Cc3cnoc3)ccc2c1. The number of fused-ring (bicyclic) bond motifs is 1. The van der Waals surface area contributed by atoms with E-state index < -0.39 is 0 Å². The van der Waals surface area contributed by atoms with Gasteiger partial charge in [0.05, 0.1) is 18.2 Å². The van der Waals surface area contributed by atoms with E-state index in [2.05, 4.69) is 10.5 Å². The highest BCUT2D eigenvalue weighted by molar-refractivity contribution is 5.99. The van der Waals surface area contributed by atoms with E-state index in [0.717, 1.165) is 27.6 Å². The minimum Gasteiger partial charge on any atom is -0.364 e. The third-order valence-electron chi connectivity index (χ3n) is 3.31. The van der Waals surface area contributed by atoms with E-state index in [4.69, 9.17) is 15.7 Å². The Morgan fingerprint density at radius 3 is 2.73 bits per heavy atom. The third-order valence-corrected chi connectivity index (χ3v) is 3.31. The van der Waals surface area contributed by atoms with Gasteiger partial charge in [-0.1, -0.05) is 17.3 Å². The molecule has 0 spiro atoms. The Morgan fingerprint density at radius 2 is 2.00 bits per heavy atom. The molecule has 0 saturated heterocycles. The Hall–Kier alpha value is -3.15. The number of anilines is 1. The maximum Gasteiger partial charge on any atom is 0.270 e. The third kappa shape index (κ3) is 2.95. The predicted octanol–water partition coefficient (Wildman–Crippen LogP) is 0.473. The van der Waals surface area contributed by atoms with Crippen LogP contribution in [-0.2, 0) is 11.2 Å². The zero-order valence-electron chi connectivity index (χ0n) is 11.7. The van der Waals surface area contributed by atoms with Crippen molar-refractivity contribution in [3.8, 4) is 0 Å². The number of nitrogens with two attached hydrogens (primary N) is 2. The lowest BCUT2D eigenvalue weighted by Gasteiger charge is -2.06. The van der Waals surface area contributed by atoms with Crippen molar-refractivity contribution in [2.75, 3.05) is 5.32 Å². The van der Waals surface area contributed by atoms with E-state index in [1.165, 1.54) is 12.5 Å². The van der Waals surface area contributed by atoms with Gasteiger partial charge in [0.25, 0.3) is 5.84 Å². The van der Waals surface area contributed by atoms with Crippen LogP contribution in [0.1, 0.15) is 11.1 Å². The maximum absolute atomic E-state index is 11.9. The first-order valence-corrected chi connectivity index (χ1v) is 6.72. The van der Waals surface area contributed by atoms with Crippen molar-refractivity contribution in [1.29, 1.82) is 0 Å². The van der Waals surface area contributed by atoms with Crippen molar-refractivity contribution < 1.29 is 14.7 Å². The average Bonchev–Trinajstić information content (AvgIpc) is 2.99. The van der Waals surface area contributed by atoms with Crippen LogP contribution in [0.15, 0.2) is 53.4 Å². The number of aromatic nitrogens is 1. The molecule has 1 aromatic heterocycles. The highest BCUT2D eigenvalue weighted by Gasteiger charge is 2.07. The van der Waals surface area contributed by atoms with Gasteiger partial charge in [0.15, 0.2) is 0 Å². The lowest BCUT2D eigenvalue weighted by atomic mass is 10.1. The Bertz CT molecular complexity index is 840. The number of hydrogen-bond acceptors (Lipinski definition) is 3. The molecule has 3 rings (SSSR count). The number of amides is 1. The van der Waals surface area contributed by atoms with Gasteiger partial charge in [-0.25, -0.2) is 0 Å². The fourth-order valence-corrected chi connectivity index (χ4v) is 2.21. The topological polar surface area (TPSA) is 107 Å². The molecule has 0 aliphatic rings. The summed E-state index contributed by atoms with van der Waals surface area (Å²) in [6, 6.07) is 11.3. The average molecular weight is 295 g/mol. The number of benzene rings is 2. The first-order valence-electron chi connectivity index (χ1n) is 6.72. The van der Waals surface area contributed by atoms with Crippen molar-refractivity contribution >= 4 is 28.2 Å². The van der Waals surface area contributed by atoms with Crippen molar-refractivity contribution in [1.82, 2.24) is 5.16 Å². The van der Waals surface area contributed by atoms with Crippen LogP contribution >= 0.6 is 0 Å². The molecular formula is C16H15N4O2+. The van der Waals surface area contributed by atoms with Gasteiger partial charge in [0.1, 0.15) is 6.26 Å². The van der Waals surface area contributed by atoms with E-state index in [0.29, 0.717) is 0 Å². The second kappa shape index (κ2) is 5.69.